The van der Waals surface area contributed by atoms with Crippen molar-refractivity contribution in [2.75, 3.05) is 13.2 Å². The van der Waals surface area contributed by atoms with Gasteiger partial charge in [0, 0.05) is 12.6 Å². The average molecular weight is 270 g/mol. The number of aliphatic hydroxyl groups excluding tert-OH is 1. The van der Waals surface area contributed by atoms with Crippen LogP contribution in [0.15, 0.2) is 0 Å². The maximum atomic E-state index is 12.2. The molecule has 19 heavy (non-hydrogen) atoms. The Kier molecular flexibility index (Phi) is 4.63. The summed E-state index contributed by atoms with van der Waals surface area (Å²) in [6.07, 6.45) is 6.67. The van der Waals surface area contributed by atoms with Gasteiger partial charge in [0.05, 0.1) is 6.61 Å². The third-order valence-electron chi connectivity index (χ3n) is 4.28. The van der Waals surface area contributed by atoms with E-state index >= 15 is 0 Å². The minimum Gasteiger partial charge on any atom is -0.480 e. The van der Waals surface area contributed by atoms with E-state index in [1.807, 2.05) is 0 Å². The third-order valence-corrected chi connectivity index (χ3v) is 4.28. The van der Waals surface area contributed by atoms with Crippen LogP contribution in [-0.4, -0.2) is 52.3 Å². The number of rotatable bonds is 3. The topological polar surface area (TPSA) is 89.9 Å². The molecule has 2 unspecified atom stereocenters. The Hall–Kier alpha value is -1.30. The first-order valence-corrected chi connectivity index (χ1v) is 7.04. The van der Waals surface area contributed by atoms with E-state index in [9.17, 15) is 9.59 Å². The van der Waals surface area contributed by atoms with Gasteiger partial charge < -0.3 is 20.4 Å². The van der Waals surface area contributed by atoms with Crippen LogP contribution in [-0.2, 0) is 4.79 Å². The van der Waals surface area contributed by atoms with Crippen LogP contribution in [0.5, 0.6) is 0 Å². The number of aliphatic hydroxyl groups is 1. The number of hydrogen-bond donors (Lipinski definition) is 3. The number of nitrogens with zero attached hydrogens (tertiary/aromatic N) is 1. The van der Waals surface area contributed by atoms with Gasteiger partial charge in [-0.3, -0.25) is 0 Å². The summed E-state index contributed by atoms with van der Waals surface area (Å²) in [5.41, 5.74) is 0. The molecule has 1 aliphatic heterocycles. The molecule has 6 nitrogen and oxygen atoms in total. The molecule has 108 valence electrons. The zero-order valence-electron chi connectivity index (χ0n) is 11.0. The number of carbonyl (C=O) groups excluding carboxylic acids is 1. The zero-order valence-corrected chi connectivity index (χ0v) is 11.0. The molecule has 0 aromatic rings. The van der Waals surface area contributed by atoms with E-state index in [2.05, 4.69) is 5.32 Å². The lowest BCUT2D eigenvalue weighted by molar-refractivity contribution is -0.140. The number of piperidine rings is 1. The molecule has 2 amide bonds. The Bertz CT molecular complexity index is 346. The molecule has 2 rings (SSSR count). The summed E-state index contributed by atoms with van der Waals surface area (Å²) in [5, 5.41) is 20.2. The highest BCUT2D eigenvalue weighted by Gasteiger charge is 2.36. The van der Waals surface area contributed by atoms with Crippen LogP contribution >= 0.6 is 0 Å². The lowest BCUT2D eigenvalue weighted by Gasteiger charge is -2.44. The largest absolute Gasteiger partial charge is 0.480 e. The number of fused-ring (bicyclic) bond motifs is 1. The summed E-state index contributed by atoms with van der Waals surface area (Å²) in [7, 11) is 0. The maximum Gasteiger partial charge on any atom is 0.328 e. The van der Waals surface area contributed by atoms with Crippen molar-refractivity contribution >= 4 is 12.0 Å². The molecular weight excluding hydrogens is 248 g/mol. The van der Waals surface area contributed by atoms with Crippen LogP contribution < -0.4 is 5.32 Å². The molecule has 0 radical (unpaired) electrons. The number of urea groups is 1. The quantitative estimate of drug-likeness (QED) is 0.707. The highest BCUT2D eigenvalue weighted by Crippen LogP contribution is 2.35. The summed E-state index contributed by atoms with van der Waals surface area (Å²) in [6.45, 7) is 0.105. The van der Waals surface area contributed by atoms with Crippen LogP contribution in [0.2, 0.25) is 0 Å². The molecule has 3 atom stereocenters. The monoisotopic (exact) mass is 270 g/mol. The Balaban J connectivity index is 1.98. The van der Waals surface area contributed by atoms with Gasteiger partial charge in [-0.25, -0.2) is 9.59 Å². The molecular formula is C13H22N2O4. The fourth-order valence-electron chi connectivity index (χ4n) is 3.29. The van der Waals surface area contributed by atoms with E-state index in [1.54, 1.807) is 4.90 Å². The number of amides is 2. The van der Waals surface area contributed by atoms with Crippen molar-refractivity contribution in [3.05, 3.63) is 0 Å². The number of likely N-dealkylation sites (tertiary alicyclic amines) is 1. The van der Waals surface area contributed by atoms with Crippen molar-refractivity contribution in [1.82, 2.24) is 10.2 Å². The Morgan fingerprint density at radius 3 is 2.58 bits per heavy atom. The first-order chi connectivity index (χ1) is 9.13. The van der Waals surface area contributed by atoms with Crippen molar-refractivity contribution in [2.24, 2.45) is 5.92 Å². The second-order valence-corrected chi connectivity index (χ2v) is 5.47. The maximum absolute atomic E-state index is 12.2. The Morgan fingerprint density at radius 1 is 1.21 bits per heavy atom. The second-order valence-electron chi connectivity index (χ2n) is 5.47. The van der Waals surface area contributed by atoms with Crippen LogP contribution in [0.1, 0.15) is 38.5 Å². The van der Waals surface area contributed by atoms with Gasteiger partial charge in [0.2, 0.25) is 0 Å². The lowest BCUT2D eigenvalue weighted by atomic mass is 9.78. The van der Waals surface area contributed by atoms with Crippen LogP contribution in [0.4, 0.5) is 4.79 Å². The molecule has 0 bridgehead atoms. The molecule has 1 saturated heterocycles. The molecule has 0 aromatic heterocycles. The Labute approximate surface area is 112 Å². The van der Waals surface area contributed by atoms with Gasteiger partial charge in [-0.15, -0.1) is 0 Å². The predicted molar refractivity (Wildman–Crippen MR) is 68.7 cm³/mol. The molecule has 2 fully saturated rings. The normalized spacial score (nSPS) is 28.4. The fraction of sp³-hybridized carbons (Fsp3) is 0.846. The number of nitrogens with one attached hydrogen (secondary N) is 1. The Morgan fingerprint density at radius 2 is 1.89 bits per heavy atom. The molecule has 2 aliphatic rings. The van der Waals surface area contributed by atoms with Crippen molar-refractivity contribution in [3.8, 4) is 0 Å². The number of aliphatic carboxylic acids is 1. The molecule has 6 heteroatoms. The highest BCUT2D eigenvalue weighted by atomic mass is 16.4. The van der Waals surface area contributed by atoms with Crippen molar-refractivity contribution < 1.29 is 19.8 Å². The van der Waals surface area contributed by atoms with Crippen LogP contribution in [0.3, 0.4) is 0 Å². The van der Waals surface area contributed by atoms with E-state index < -0.39 is 18.6 Å². The second kappa shape index (κ2) is 6.23. The minimum atomic E-state index is -1.21. The number of hydrogen-bond acceptors (Lipinski definition) is 3. The van der Waals surface area contributed by atoms with Crippen molar-refractivity contribution in [3.63, 3.8) is 0 Å². The fourth-order valence-corrected chi connectivity index (χ4v) is 3.29. The SMILES string of the molecule is O=C(O)[C@@H](CO)NC(=O)N1CCCC2CCCCC21. The van der Waals surface area contributed by atoms with Crippen molar-refractivity contribution in [1.29, 1.82) is 0 Å². The molecule has 1 heterocycles. The zero-order chi connectivity index (χ0) is 13.8. The standard InChI is InChI=1S/C13H22N2O4/c16-8-10(12(17)18)14-13(19)15-7-3-5-9-4-1-2-6-11(9)15/h9-11,16H,1-8H2,(H,14,19)(H,17,18)/t9?,10-,11?/m1/s1. The van der Waals surface area contributed by atoms with Crippen LogP contribution in [0, 0.1) is 5.92 Å². The van der Waals surface area contributed by atoms with Gasteiger partial charge in [0.1, 0.15) is 0 Å². The predicted octanol–water partition coefficient (Wildman–Crippen LogP) is 0.796. The van der Waals surface area contributed by atoms with Gasteiger partial charge >= 0.3 is 12.0 Å². The summed E-state index contributed by atoms with van der Waals surface area (Å²) in [5.74, 6) is -0.640. The van der Waals surface area contributed by atoms with Gasteiger partial charge in [-0.2, -0.15) is 0 Å². The van der Waals surface area contributed by atoms with Crippen LogP contribution in [0.25, 0.3) is 0 Å². The summed E-state index contributed by atoms with van der Waals surface area (Å²) >= 11 is 0. The minimum absolute atomic E-state index is 0.246. The summed E-state index contributed by atoms with van der Waals surface area (Å²) < 4.78 is 0. The van der Waals surface area contributed by atoms with Gasteiger partial charge in [0.15, 0.2) is 6.04 Å². The molecule has 0 aromatic carbocycles. The summed E-state index contributed by atoms with van der Waals surface area (Å²) in [4.78, 5) is 24.8. The van der Waals surface area contributed by atoms with E-state index in [4.69, 9.17) is 10.2 Å². The number of carboxylic acids is 1. The molecule has 1 aliphatic carbocycles. The van der Waals surface area contributed by atoms with E-state index in [1.165, 1.54) is 6.42 Å². The first-order valence-electron chi connectivity index (χ1n) is 7.04. The van der Waals surface area contributed by atoms with Gasteiger partial charge in [-0.05, 0) is 31.6 Å². The smallest absolute Gasteiger partial charge is 0.328 e. The highest BCUT2D eigenvalue weighted by molar-refractivity contribution is 5.82. The van der Waals surface area contributed by atoms with Gasteiger partial charge in [0.25, 0.3) is 0 Å². The van der Waals surface area contributed by atoms with E-state index in [-0.39, 0.29) is 12.1 Å². The average Bonchev–Trinajstić information content (AvgIpc) is 2.43. The molecule has 3 N–H and O–H groups in total. The number of carbonyl (C=O) groups is 2. The summed E-state index contributed by atoms with van der Waals surface area (Å²) in [6, 6.07) is -1.31. The number of carboxylic acid groups (broad SMARTS) is 1. The van der Waals surface area contributed by atoms with Gasteiger partial charge in [-0.1, -0.05) is 12.8 Å². The van der Waals surface area contributed by atoms with Crippen molar-refractivity contribution in [2.45, 2.75) is 50.6 Å². The molecule has 0 spiro atoms. The first kappa shape index (κ1) is 14.1. The van der Waals surface area contributed by atoms with E-state index in [0.29, 0.717) is 12.5 Å². The lowest BCUT2D eigenvalue weighted by Crippen LogP contribution is -2.56. The van der Waals surface area contributed by atoms with E-state index in [0.717, 1.165) is 32.1 Å². The molecule has 1 saturated carbocycles. The third kappa shape index (κ3) is 3.18.